The van der Waals surface area contributed by atoms with E-state index in [2.05, 4.69) is 16.3 Å². The molecule has 2 aromatic carbocycles. The quantitative estimate of drug-likeness (QED) is 0.914. The van der Waals surface area contributed by atoms with Crippen molar-refractivity contribution in [2.75, 3.05) is 46.4 Å². The van der Waals surface area contributed by atoms with E-state index in [0.717, 1.165) is 49.1 Å². The van der Waals surface area contributed by atoms with Gasteiger partial charge in [0.1, 0.15) is 18.2 Å². The number of piperazine rings is 1. The summed E-state index contributed by atoms with van der Waals surface area (Å²) in [5, 5.41) is 14.9. The second-order valence-corrected chi connectivity index (χ2v) is 5.96. The molecule has 5 heteroatoms. The number of fused-ring (bicyclic) bond motifs is 1. The Labute approximate surface area is 142 Å². The minimum Gasteiger partial charge on any atom is -0.492 e. The second-order valence-electron chi connectivity index (χ2n) is 5.96. The first-order chi connectivity index (χ1) is 11.8. The van der Waals surface area contributed by atoms with E-state index in [1.165, 1.54) is 0 Å². The molecule has 126 valence electrons. The van der Waals surface area contributed by atoms with Crippen LogP contribution in [-0.2, 0) is 0 Å². The molecule has 5 nitrogen and oxygen atoms in total. The van der Waals surface area contributed by atoms with Gasteiger partial charge in [0.05, 0.1) is 7.11 Å². The van der Waals surface area contributed by atoms with Gasteiger partial charge in [-0.15, -0.1) is 0 Å². The summed E-state index contributed by atoms with van der Waals surface area (Å²) in [6.07, 6.45) is 0. The minimum atomic E-state index is 0.536. The summed E-state index contributed by atoms with van der Waals surface area (Å²) >= 11 is 0. The summed E-state index contributed by atoms with van der Waals surface area (Å²) in [5.41, 5.74) is 1.48. The van der Waals surface area contributed by atoms with E-state index in [1.54, 1.807) is 7.11 Å². The fourth-order valence-corrected chi connectivity index (χ4v) is 3.23. The van der Waals surface area contributed by atoms with Gasteiger partial charge in [0, 0.05) is 38.1 Å². The molecular formula is C19H23N3O2. The van der Waals surface area contributed by atoms with E-state index in [-0.39, 0.29) is 0 Å². The predicted octanol–water partition coefficient (Wildman–Crippen LogP) is 2.31. The lowest BCUT2D eigenvalue weighted by Crippen LogP contribution is -2.44. The number of benzene rings is 2. The normalized spacial score (nSPS) is 15.2. The maximum absolute atomic E-state index is 9.54. The van der Waals surface area contributed by atoms with Gasteiger partial charge >= 0.3 is 0 Å². The van der Waals surface area contributed by atoms with Crippen LogP contribution in [0.3, 0.4) is 0 Å². The van der Waals surface area contributed by atoms with E-state index in [4.69, 9.17) is 9.47 Å². The monoisotopic (exact) mass is 325 g/mol. The number of ether oxygens (including phenoxy) is 2. The van der Waals surface area contributed by atoms with Gasteiger partial charge in [0.25, 0.3) is 0 Å². The number of rotatable bonds is 5. The van der Waals surface area contributed by atoms with Crippen LogP contribution >= 0.6 is 0 Å². The topological polar surface area (TPSA) is 57.5 Å². The van der Waals surface area contributed by atoms with Gasteiger partial charge < -0.3 is 14.8 Å². The first-order valence-corrected chi connectivity index (χ1v) is 8.31. The maximum Gasteiger partial charge on any atom is 0.179 e. The first kappa shape index (κ1) is 16.6. The van der Waals surface area contributed by atoms with Crippen LogP contribution in [0.4, 0.5) is 0 Å². The van der Waals surface area contributed by atoms with Crippen LogP contribution in [0.25, 0.3) is 10.8 Å². The van der Waals surface area contributed by atoms with Crippen molar-refractivity contribution in [3.05, 3.63) is 35.4 Å². The van der Waals surface area contributed by atoms with Gasteiger partial charge in [-0.3, -0.25) is 4.90 Å². The zero-order valence-corrected chi connectivity index (χ0v) is 14.3. The van der Waals surface area contributed by atoms with Gasteiger partial charge in [-0.05, 0) is 17.9 Å². The van der Waals surface area contributed by atoms with Crippen molar-refractivity contribution < 1.29 is 9.47 Å². The lowest BCUT2D eigenvalue weighted by atomic mass is 9.98. The van der Waals surface area contributed by atoms with Crippen LogP contribution in [0.2, 0.25) is 0 Å². The molecule has 0 bridgehead atoms. The summed E-state index contributed by atoms with van der Waals surface area (Å²) < 4.78 is 11.6. The fourth-order valence-electron chi connectivity index (χ4n) is 3.23. The van der Waals surface area contributed by atoms with Crippen molar-refractivity contribution in [1.82, 2.24) is 10.2 Å². The van der Waals surface area contributed by atoms with Crippen LogP contribution in [0.15, 0.2) is 24.3 Å². The molecule has 1 saturated heterocycles. The molecule has 1 aliphatic heterocycles. The molecule has 0 atom stereocenters. The van der Waals surface area contributed by atoms with E-state index >= 15 is 0 Å². The molecule has 0 aliphatic carbocycles. The summed E-state index contributed by atoms with van der Waals surface area (Å²) in [6.45, 7) is 7.53. The SMILES string of the molecule is COc1c(C#N)c(C)c2ccccc2c1OCCN1CCNCC1. The summed E-state index contributed by atoms with van der Waals surface area (Å²) in [5.74, 6) is 1.21. The molecule has 0 unspecified atom stereocenters. The summed E-state index contributed by atoms with van der Waals surface area (Å²) in [4.78, 5) is 2.38. The van der Waals surface area contributed by atoms with Gasteiger partial charge in [-0.25, -0.2) is 0 Å². The largest absolute Gasteiger partial charge is 0.492 e. The summed E-state index contributed by atoms with van der Waals surface area (Å²) in [6, 6.07) is 10.3. The Morgan fingerprint density at radius 3 is 2.54 bits per heavy atom. The molecule has 0 radical (unpaired) electrons. The number of hydrogen-bond acceptors (Lipinski definition) is 5. The Hall–Kier alpha value is -2.29. The first-order valence-electron chi connectivity index (χ1n) is 8.31. The standard InChI is InChI=1S/C19H23N3O2/c1-14-15-5-3-4-6-16(15)19(18(23-2)17(14)13-20)24-12-11-22-9-7-21-8-10-22/h3-6,21H,7-12H2,1-2H3. The van der Waals surface area contributed by atoms with Crippen molar-refractivity contribution in [2.24, 2.45) is 0 Å². The Morgan fingerprint density at radius 2 is 1.88 bits per heavy atom. The van der Waals surface area contributed by atoms with Gasteiger partial charge in [0.2, 0.25) is 0 Å². The third-order valence-electron chi connectivity index (χ3n) is 4.56. The highest BCUT2D eigenvalue weighted by atomic mass is 16.5. The van der Waals surface area contributed by atoms with Crippen LogP contribution < -0.4 is 14.8 Å². The molecule has 3 rings (SSSR count). The highest BCUT2D eigenvalue weighted by Gasteiger charge is 2.19. The Morgan fingerprint density at radius 1 is 1.17 bits per heavy atom. The smallest absolute Gasteiger partial charge is 0.179 e. The van der Waals surface area contributed by atoms with Crippen molar-refractivity contribution in [3.8, 4) is 17.6 Å². The molecule has 0 aromatic heterocycles. The van der Waals surface area contributed by atoms with Crippen LogP contribution in [-0.4, -0.2) is 51.3 Å². The molecule has 24 heavy (non-hydrogen) atoms. The minimum absolute atomic E-state index is 0.536. The molecule has 1 fully saturated rings. The number of methoxy groups -OCH3 is 1. The predicted molar refractivity (Wildman–Crippen MR) is 94.8 cm³/mol. The van der Waals surface area contributed by atoms with Gasteiger partial charge in [0.15, 0.2) is 11.5 Å². The second kappa shape index (κ2) is 7.52. The van der Waals surface area contributed by atoms with Crippen molar-refractivity contribution in [2.45, 2.75) is 6.92 Å². The molecule has 1 aliphatic rings. The number of nitrogens with one attached hydrogen (secondary N) is 1. The van der Waals surface area contributed by atoms with Gasteiger partial charge in [-0.1, -0.05) is 24.3 Å². The van der Waals surface area contributed by atoms with E-state index in [1.807, 2.05) is 31.2 Å². The highest BCUT2D eigenvalue weighted by molar-refractivity contribution is 5.95. The zero-order valence-electron chi connectivity index (χ0n) is 14.3. The zero-order chi connectivity index (χ0) is 16.9. The molecule has 1 heterocycles. The highest BCUT2D eigenvalue weighted by Crippen LogP contribution is 2.41. The third kappa shape index (κ3) is 3.16. The Kier molecular flexibility index (Phi) is 5.19. The van der Waals surface area contributed by atoms with Crippen molar-refractivity contribution in [1.29, 1.82) is 5.26 Å². The van der Waals surface area contributed by atoms with Crippen molar-refractivity contribution >= 4 is 10.8 Å². The number of nitriles is 1. The number of hydrogen-bond donors (Lipinski definition) is 1. The Balaban J connectivity index is 1.90. The maximum atomic E-state index is 9.54. The van der Waals surface area contributed by atoms with Gasteiger partial charge in [-0.2, -0.15) is 5.26 Å². The lowest BCUT2D eigenvalue weighted by Gasteiger charge is -2.27. The third-order valence-corrected chi connectivity index (χ3v) is 4.56. The molecule has 0 amide bonds. The Bertz CT molecular complexity index is 761. The summed E-state index contributed by atoms with van der Waals surface area (Å²) in [7, 11) is 1.59. The lowest BCUT2D eigenvalue weighted by molar-refractivity contribution is 0.189. The molecule has 1 N–H and O–H groups in total. The molecule has 0 saturated carbocycles. The average Bonchev–Trinajstić information content (AvgIpc) is 2.64. The van der Waals surface area contributed by atoms with E-state index in [0.29, 0.717) is 23.7 Å². The number of nitrogens with zero attached hydrogens (tertiary/aromatic N) is 2. The molecule has 0 spiro atoms. The van der Waals surface area contributed by atoms with E-state index in [9.17, 15) is 5.26 Å². The van der Waals surface area contributed by atoms with Crippen LogP contribution in [0.5, 0.6) is 11.5 Å². The van der Waals surface area contributed by atoms with E-state index < -0.39 is 0 Å². The van der Waals surface area contributed by atoms with Crippen LogP contribution in [0.1, 0.15) is 11.1 Å². The van der Waals surface area contributed by atoms with Crippen LogP contribution in [0, 0.1) is 18.3 Å². The molecule has 2 aromatic rings. The fraction of sp³-hybridized carbons (Fsp3) is 0.421. The van der Waals surface area contributed by atoms with Crippen molar-refractivity contribution in [3.63, 3.8) is 0 Å². The average molecular weight is 325 g/mol. The number of aryl methyl sites for hydroxylation is 1. The molecular weight excluding hydrogens is 302 g/mol.